The molecule has 4 nitrogen and oxygen atoms in total. The number of rotatable bonds is 2. The Hall–Kier alpha value is -1.20. The van der Waals surface area contributed by atoms with Crippen LogP contribution in [0, 0.1) is 0 Å². The lowest BCUT2D eigenvalue weighted by molar-refractivity contribution is -0.428. The third kappa shape index (κ3) is 2.00. The highest BCUT2D eigenvalue weighted by Gasteiger charge is 2.37. The van der Waals surface area contributed by atoms with E-state index in [1.165, 1.54) is 6.07 Å². The lowest BCUT2D eigenvalue weighted by atomic mass is 9.87. The Balaban J connectivity index is 2.65. The van der Waals surface area contributed by atoms with Crippen LogP contribution in [0.5, 0.6) is 0 Å². The first-order valence-corrected chi connectivity index (χ1v) is 6.94. The molecule has 1 N–H and O–H groups in total. The first-order chi connectivity index (χ1) is 7.75. The van der Waals surface area contributed by atoms with E-state index in [-0.39, 0.29) is 10.3 Å². The minimum Gasteiger partial charge on any atom is -0.282 e. The average molecular weight is 254 g/mol. The zero-order valence-corrected chi connectivity index (χ0v) is 11.0. The molecule has 0 saturated carbocycles. The summed E-state index contributed by atoms with van der Waals surface area (Å²) in [5, 5.41) is 0. The lowest BCUT2D eigenvalue weighted by Crippen LogP contribution is -2.17. The number of hydrogen-bond donors (Lipinski definition) is 1. The van der Waals surface area contributed by atoms with E-state index < -0.39 is 10.1 Å². The standard InChI is InChI=1S/C12H15NO3S/c1-4-13-8-12(2,3)10-7-9(17(14,15)16)5-6-11(10)13/h5-8H,4H2,1-3H3/p+1. The van der Waals surface area contributed by atoms with Gasteiger partial charge in [-0.3, -0.25) is 4.55 Å². The Morgan fingerprint density at radius 3 is 2.53 bits per heavy atom. The van der Waals surface area contributed by atoms with Gasteiger partial charge in [-0.2, -0.15) is 8.42 Å². The Labute approximate surface area is 101 Å². The van der Waals surface area contributed by atoms with E-state index in [0.717, 1.165) is 17.8 Å². The normalized spacial score (nSPS) is 17.8. The highest BCUT2D eigenvalue weighted by molar-refractivity contribution is 7.85. The molecule has 1 aliphatic heterocycles. The Morgan fingerprint density at radius 2 is 2.00 bits per heavy atom. The summed E-state index contributed by atoms with van der Waals surface area (Å²) in [5.41, 5.74) is 1.71. The summed E-state index contributed by atoms with van der Waals surface area (Å²) in [7, 11) is -4.13. The number of nitrogens with zero attached hydrogens (tertiary/aromatic N) is 1. The van der Waals surface area contributed by atoms with E-state index in [4.69, 9.17) is 4.55 Å². The fourth-order valence-electron chi connectivity index (χ4n) is 2.23. The summed E-state index contributed by atoms with van der Waals surface area (Å²) in [5.74, 6) is 0. The van der Waals surface area contributed by atoms with Crippen LogP contribution < -0.4 is 0 Å². The first-order valence-electron chi connectivity index (χ1n) is 5.50. The third-order valence-electron chi connectivity index (χ3n) is 3.09. The molecule has 0 saturated heterocycles. The van der Waals surface area contributed by atoms with Crippen LogP contribution in [0.2, 0.25) is 0 Å². The number of benzene rings is 1. The second-order valence-electron chi connectivity index (χ2n) is 4.79. The van der Waals surface area contributed by atoms with Crippen LogP contribution in [0.25, 0.3) is 0 Å². The van der Waals surface area contributed by atoms with Crippen molar-refractivity contribution in [2.45, 2.75) is 31.1 Å². The van der Waals surface area contributed by atoms with Crippen molar-refractivity contribution in [2.24, 2.45) is 0 Å². The van der Waals surface area contributed by atoms with E-state index >= 15 is 0 Å². The molecule has 0 amide bonds. The van der Waals surface area contributed by atoms with Gasteiger partial charge in [0.2, 0.25) is 5.69 Å². The Morgan fingerprint density at radius 1 is 1.35 bits per heavy atom. The molecular weight excluding hydrogens is 238 g/mol. The van der Waals surface area contributed by atoms with Crippen LogP contribution in [0.1, 0.15) is 26.3 Å². The highest BCUT2D eigenvalue weighted by Crippen LogP contribution is 2.37. The number of fused-ring (bicyclic) bond motifs is 1. The van der Waals surface area contributed by atoms with Crippen molar-refractivity contribution in [1.82, 2.24) is 0 Å². The van der Waals surface area contributed by atoms with Gasteiger partial charge in [-0.1, -0.05) is 0 Å². The van der Waals surface area contributed by atoms with Gasteiger partial charge in [-0.05, 0) is 32.9 Å². The molecule has 0 fully saturated rings. The monoisotopic (exact) mass is 254 g/mol. The van der Waals surface area contributed by atoms with Crippen LogP contribution in [0.3, 0.4) is 0 Å². The van der Waals surface area contributed by atoms with Gasteiger partial charge in [0.05, 0.1) is 10.3 Å². The molecule has 2 rings (SSSR count). The smallest absolute Gasteiger partial charge is 0.282 e. The Kier molecular flexibility index (Phi) is 2.63. The van der Waals surface area contributed by atoms with Crippen molar-refractivity contribution in [3.05, 3.63) is 23.8 Å². The lowest BCUT2D eigenvalue weighted by Gasteiger charge is -2.11. The van der Waals surface area contributed by atoms with Crippen LogP contribution >= 0.6 is 0 Å². The molecule has 17 heavy (non-hydrogen) atoms. The van der Waals surface area contributed by atoms with Gasteiger partial charge in [0.25, 0.3) is 10.1 Å². The highest BCUT2D eigenvalue weighted by atomic mass is 32.2. The predicted molar refractivity (Wildman–Crippen MR) is 65.8 cm³/mol. The van der Waals surface area contributed by atoms with Gasteiger partial charge < -0.3 is 0 Å². The second kappa shape index (κ2) is 3.65. The molecule has 0 spiro atoms. The Bertz CT molecular complexity index is 600. The number of hydrogen-bond acceptors (Lipinski definition) is 2. The van der Waals surface area contributed by atoms with E-state index in [9.17, 15) is 8.42 Å². The quantitative estimate of drug-likeness (QED) is 0.648. The van der Waals surface area contributed by atoms with Crippen molar-refractivity contribution in [3.63, 3.8) is 0 Å². The van der Waals surface area contributed by atoms with E-state index in [1.54, 1.807) is 12.1 Å². The fourth-order valence-corrected chi connectivity index (χ4v) is 2.74. The van der Waals surface area contributed by atoms with Gasteiger partial charge in [0.15, 0.2) is 6.21 Å². The molecule has 0 atom stereocenters. The predicted octanol–water partition coefficient (Wildman–Crippen LogP) is 1.96. The maximum atomic E-state index is 11.1. The van der Waals surface area contributed by atoms with Gasteiger partial charge in [-0.25, -0.2) is 4.58 Å². The van der Waals surface area contributed by atoms with Gasteiger partial charge in [-0.15, -0.1) is 0 Å². The molecule has 0 radical (unpaired) electrons. The van der Waals surface area contributed by atoms with Crippen molar-refractivity contribution >= 4 is 22.0 Å². The van der Waals surface area contributed by atoms with Gasteiger partial charge >= 0.3 is 0 Å². The molecule has 1 aromatic rings. The molecule has 92 valence electrons. The molecule has 5 heteroatoms. The van der Waals surface area contributed by atoms with Gasteiger partial charge in [0.1, 0.15) is 6.54 Å². The first kappa shape index (κ1) is 12.3. The maximum absolute atomic E-state index is 11.1. The summed E-state index contributed by atoms with van der Waals surface area (Å²) in [6.45, 7) is 6.92. The summed E-state index contributed by atoms with van der Waals surface area (Å²) in [4.78, 5) is -0.0457. The summed E-state index contributed by atoms with van der Waals surface area (Å²) in [6, 6.07) is 4.73. The summed E-state index contributed by atoms with van der Waals surface area (Å²) >= 11 is 0. The molecule has 0 aliphatic carbocycles. The largest absolute Gasteiger partial charge is 0.294 e. The van der Waals surface area contributed by atoms with E-state index in [2.05, 4.69) is 10.8 Å². The van der Waals surface area contributed by atoms with Crippen LogP contribution in [0.4, 0.5) is 5.69 Å². The molecule has 0 unspecified atom stereocenters. The van der Waals surface area contributed by atoms with E-state index in [0.29, 0.717) is 0 Å². The van der Waals surface area contributed by atoms with Crippen LogP contribution in [-0.4, -0.2) is 30.3 Å². The molecular formula is C12H16NO3S+. The fraction of sp³-hybridized carbons (Fsp3) is 0.417. The van der Waals surface area contributed by atoms with Crippen molar-refractivity contribution < 1.29 is 17.5 Å². The van der Waals surface area contributed by atoms with Crippen LogP contribution in [-0.2, 0) is 15.5 Å². The molecule has 1 aromatic carbocycles. The zero-order valence-electron chi connectivity index (χ0n) is 10.1. The second-order valence-corrected chi connectivity index (χ2v) is 6.21. The molecule has 0 bridgehead atoms. The van der Waals surface area contributed by atoms with Crippen molar-refractivity contribution in [3.8, 4) is 0 Å². The molecule has 1 heterocycles. The zero-order chi connectivity index (χ0) is 12.8. The topological polar surface area (TPSA) is 57.4 Å². The molecule has 1 aliphatic rings. The molecule has 0 aromatic heterocycles. The van der Waals surface area contributed by atoms with Crippen molar-refractivity contribution in [2.75, 3.05) is 6.54 Å². The van der Waals surface area contributed by atoms with Crippen LogP contribution in [0.15, 0.2) is 23.1 Å². The average Bonchev–Trinajstić information content (AvgIpc) is 2.49. The van der Waals surface area contributed by atoms with Gasteiger partial charge in [0, 0.05) is 11.6 Å². The maximum Gasteiger partial charge on any atom is 0.294 e. The summed E-state index contributed by atoms with van der Waals surface area (Å²) < 4.78 is 33.4. The SMILES string of the molecule is CC[N+]1=CC(C)(C)c2cc(S(=O)(=O)O)ccc21. The summed E-state index contributed by atoms with van der Waals surface area (Å²) in [6.07, 6.45) is 2.07. The third-order valence-corrected chi connectivity index (χ3v) is 3.94. The van der Waals surface area contributed by atoms with E-state index in [1.807, 2.05) is 20.8 Å². The minimum atomic E-state index is -4.13. The van der Waals surface area contributed by atoms with Crippen molar-refractivity contribution in [1.29, 1.82) is 0 Å². The minimum absolute atomic E-state index is 0.0457.